The molecule has 0 bridgehead atoms. The molecule has 27 heavy (non-hydrogen) atoms. The molecule has 0 aliphatic carbocycles. The highest BCUT2D eigenvalue weighted by Crippen LogP contribution is 2.25. The Morgan fingerprint density at radius 2 is 1.85 bits per heavy atom. The summed E-state index contributed by atoms with van der Waals surface area (Å²) in [5.74, 6) is 0.539. The average molecular weight is 496 g/mol. The number of methoxy groups -OCH3 is 1. The molecule has 2 aromatic rings. The number of pyridine rings is 1. The lowest BCUT2D eigenvalue weighted by molar-refractivity contribution is -0.274. The highest BCUT2D eigenvalue weighted by atomic mass is 127. The molecule has 0 aliphatic heterocycles. The Morgan fingerprint density at radius 3 is 2.41 bits per heavy atom. The molecule has 0 radical (unpaired) electrons. The van der Waals surface area contributed by atoms with Gasteiger partial charge in [0, 0.05) is 23.0 Å². The molecule has 0 amide bonds. The van der Waals surface area contributed by atoms with Gasteiger partial charge >= 0.3 is 6.36 Å². The number of hydrogen-bond acceptors (Lipinski definition) is 4. The summed E-state index contributed by atoms with van der Waals surface area (Å²) in [5.41, 5.74) is 8.80. The molecule has 2 rings (SSSR count). The van der Waals surface area contributed by atoms with E-state index in [2.05, 4.69) is 20.0 Å². The zero-order valence-electron chi connectivity index (χ0n) is 14.9. The minimum atomic E-state index is -4.73. The molecule has 1 aromatic carbocycles. The minimum Gasteiger partial charge on any atom is -0.496 e. The number of aliphatic imine (C=N–C) groups is 1. The highest BCUT2D eigenvalue weighted by molar-refractivity contribution is 14.0. The number of halogens is 4. The van der Waals surface area contributed by atoms with Crippen molar-refractivity contribution >= 4 is 35.6 Å². The molecular weight excluding hydrogens is 476 g/mol. The minimum absolute atomic E-state index is 0. The van der Waals surface area contributed by atoms with Gasteiger partial charge in [-0.05, 0) is 38.1 Å². The van der Waals surface area contributed by atoms with Crippen LogP contribution in [0.1, 0.15) is 16.8 Å². The first kappa shape index (κ1) is 22.8. The number of benzene rings is 1. The maximum Gasteiger partial charge on any atom is 0.573 e. The van der Waals surface area contributed by atoms with Gasteiger partial charge in [0.25, 0.3) is 0 Å². The normalized spacial score (nSPS) is 11.6. The van der Waals surface area contributed by atoms with Crippen LogP contribution < -0.4 is 20.5 Å². The maximum atomic E-state index is 12.1. The van der Waals surface area contributed by atoms with E-state index in [1.165, 1.54) is 24.3 Å². The summed E-state index contributed by atoms with van der Waals surface area (Å²) < 4.78 is 45.5. The van der Waals surface area contributed by atoms with Crippen molar-refractivity contribution in [1.82, 2.24) is 4.98 Å². The second-order valence-corrected chi connectivity index (χ2v) is 5.44. The number of aryl methyl sites for hydroxylation is 1. The summed E-state index contributed by atoms with van der Waals surface area (Å²) in [4.78, 5) is 8.51. The Bertz CT molecular complexity index is 796. The van der Waals surface area contributed by atoms with E-state index < -0.39 is 6.36 Å². The van der Waals surface area contributed by atoms with Crippen LogP contribution in [0.4, 0.5) is 18.9 Å². The number of nitrogens with zero attached hydrogens (tertiary/aromatic N) is 2. The topological polar surface area (TPSA) is 81.8 Å². The largest absolute Gasteiger partial charge is 0.573 e. The van der Waals surface area contributed by atoms with Crippen LogP contribution in [0.3, 0.4) is 0 Å². The second-order valence-electron chi connectivity index (χ2n) is 5.44. The molecule has 0 fully saturated rings. The number of nitrogens with one attached hydrogen (secondary N) is 1. The number of hydrogen-bond donors (Lipinski definition) is 2. The number of guanidine groups is 1. The Morgan fingerprint density at radius 1 is 1.22 bits per heavy atom. The predicted octanol–water partition coefficient (Wildman–Crippen LogP) is 4.15. The lowest BCUT2D eigenvalue weighted by Gasteiger charge is -2.12. The maximum absolute atomic E-state index is 12.1. The summed E-state index contributed by atoms with van der Waals surface area (Å²) in [7, 11) is 1.59. The van der Waals surface area contributed by atoms with Gasteiger partial charge in [-0.25, -0.2) is 4.99 Å². The van der Waals surface area contributed by atoms with Crippen LogP contribution in [0.25, 0.3) is 0 Å². The fraction of sp³-hybridized carbons (Fsp3) is 0.294. The molecule has 3 N–H and O–H groups in total. The van der Waals surface area contributed by atoms with Crippen LogP contribution in [0.2, 0.25) is 0 Å². The van der Waals surface area contributed by atoms with Gasteiger partial charge in [0.1, 0.15) is 11.5 Å². The molecule has 0 unspecified atom stereocenters. The van der Waals surface area contributed by atoms with Gasteiger partial charge in [0.2, 0.25) is 0 Å². The van der Waals surface area contributed by atoms with Crippen LogP contribution in [-0.4, -0.2) is 24.4 Å². The smallest absolute Gasteiger partial charge is 0.496 e. The zero-order valence-corrected chi connectivity index (χ0v) is 17.3. The number of aromatic nitrogens is 1. The first-order chi connectivity index (χ1) is 12.2. The fourth-order valence-corrected chi connectivity index (χ4v) is 2.32. The van der Waals surface area contributed by atoms with Crippen molar-refractivity contribution in [2.75, 3.05) is 12.4 Å². The molecule has 0 atom stereocenters. The van der Waals surface area contributed by atoms with Gasteiger partial charge in [-0.1, -0.05) is 0 Å². The van der Waals surface area contributed by atoms with Gasteiger partial charge in [-0.15, -0.1) is 37.1 Å². The summed E-state index contributed by atoms with van der Waals surface area (Å²) in [6.07, 6.45) is -3.03. The average Bonchev–Trinajstić information content (AvgIpc) is 2.55. The molecule has 0 saturated carbocycles. The van der Waals surface area contributed by atoms with Crippen LogP contribution >= 0.6 is 24.0 Å². The highest BCUT2D eigenvalue weighted by Gasteiger charge is 2.30. The Labute approximate surface area is 172 Å². The number of rotatable bonds is 5. The van der Waals surface area contributed by atoms with Crippen molar-refractivity contribution in [1.29, 1.82) is 0 Å². The molecule has 1 aromatic heterocycles. The Balaban J connectivity index is 0.00000364. The van der Waals surface area contributed by atoms with Crippen molar-refractivity contribution in [3.05, 3.63) is 47.3 Å². The van der Waals surface area contributed by atoms with Gasteiger partial charge in [0.15, 0.2) is 5.96 Å². The second kappa shape index (κ2) is 9.62. The SMILES string of the molecule is COc1c(C)cnc(CN=C(N)Nc2ccc(OC(F)(F)F)cc2)c1C.I. The molecule has 0 spiro atoms. The number of nitrogens with two attached hydrogens (primary N) is 1. The third kappa shape index (κ3) is 6.77. The van der Waals surface area contributed by atoms with E-state index in [9.17, 15) is 13.2 Å². The first-order valence-electron chi connectivity index (χ1n) is 7.61. The molecule has 1 heterocycles. The van der Waals surface area contributed by atoms with Crippen molar-refractivity contribution < 1.29 is 22.6 Å². The third-order valence-corrected chi connectivity index (χ3v) is 3.51. The predicted molar refractivity (Wildman–Crippen MR) is 108 cm³/mol. The Kier molecular flexibility index (Phi) is 8.13. The van der Waals surface area contributed by atoms with Gasteiger partial charge in [-0.3, -0.25) is 4.98 Å². The first-order valence-corrected chi connectivity index (χ1v) is 7.61. The van der Waals surface area contributed by atoms with Crippen LogP contribution in [0.15, 0.2) is 35.5 Å². The summed E-state index contributed by atoms with van der Waals surface area (Å²) in [5, 5.41) is 2.79. The van der Waals surface area contributed by atoms with E-state index in [1.54, 1.807) is 13.3 Å². The van der Waals surface area contributed by atoms with Crippen LogP contribution in [0.5, 0.6) is 11.5 Å². The molecule has 0 aliphatic rings. The van der Waals surface area contributed by atoms with Crippen molar-refractivity contribution in [2.24, 2.45) is 10.7 Å². The standard InChI is InChI=1S/C17H19F3N4O2.HI/c1-10-8-22-14(11(2)15(10)25-3)9-23-16(21)24-12-4-6-13(7-5-12)26-17(18,19)20;/h4-8H,9H2,1-3H3,(H3,21,23,24);1H. The summed E-state index contributed by atoms with van der Waals surface area (Å²) in [6, 6.07) is 5.17. The van der Waals surface area contributed by atoms with E-state index in [-0.39, 0.29) is 42.2 Å². The lowest BCUT2D eigenvalue weighted by atomic mass is 10.1. The van der Waals surface area contributed by atoms with Crippen molar-refractivity contribution in [3.8, 4) is 11.5 Å². The number of anilines is 1. The fourth-order valence-electron chi connectivity index (χ4n) is 2.32. The van der Waals surface area contributed by atoms with E-state index in [1.807, 2.05) is 13.8 Å². The van der Waals surface area contributed by atoms with Crippen molar-refractivity contribution in [2.45, 2.75) is 26.8 Å². The summed E-state index contributed by atoms with van der Waals surface area (Å²) >= 11 is 0. The van der Waals surface area contributed by atoms with E-state index in [0.717, 1.165) is 16.9 Å². The molecule has 6 nitrogen and oxygen atoms in total. The molecule has 0 saturated heterocycles. The molecule has 148 valence electrons. The van der Waals surface area contributed by atoms with Gasteiger partial charge in [-0.2, -0.15) is 0 Å². The third-order valence-electron chi connectivity index (χ3n) is 3.51. The van der Waals surface area contributed by atoms with Gasteiger partial charge < -0.3 is 20.5 Å². The monoisotopic (exact) mass is 496 g/mol. The van der Waals surface area contributed by atoms with Crippen molar-refractivity contribution in [3.63, 3.8) is 0 Å². The van der Waals surface area contributed by atoms with Crippen LogP contribution in [-0.2, 0) is 6.54 Å². The summed E-state index contributed by atoms with van der Waals surface area (Å²) in [6.45, 7) is 4.01. The lowest BCUT2D eigenvalue weighted by Crippen LogP contribution is -2.22. The number of alkyl halides is 3. The zero-order chi connectivity index (χ0) is 19.3. The van der Waals surface area contributed by atoms with E-state index in [4.69, 9.17) is 10.5 Å². The molecule has 10 heteroatoms. The number of ether oxygens (including phenoxy) is 2. The van der Waals surface area contributed by atoms with Gasteiger partial charge in [0.05, 0.1) is 19.3 Å². The van der Waals surface area contributed by atoms with E-state index >= 15 is 0 Å². The molecular formula is C17H20F3IN4O2. The van der Waals surface area contributed by atoms with Crippen LogP contribution in [0, 0.1) is 13.8 Å². The Hall–Kier alpha value is -2.24. The quantitative estimate of drug-likeness (QED) is 0.370. The van der Waals surface area contributed by atoms with E-state index in [0.29, 0.717) is 11.4 Å².